The van der Waals surface area contributed by atoms with E-state index in [-0.39, 0.29) is 24.1 Å². The molecule has 0 unspecified atom stereocenters. The van der Waals surface area contributed by atoms with Gasteiger partial charge >= 0.3 is 0 Å². The van der Waals surface area contributed by atoms with Crippen molar-refractivity contribution in [3.63, 3.8) is 0 Å². The van der Waals surface area contributed by atoms with Crippen LogP contribution in [0, 0.1) is 5.92 Å². The van der Waals surface area contributed by atoms with E-state index >= 15 is 0 Å². The fourth-order valence-corrected chi connectivity index (χ4v) is 4.68. The monoisotopic (exact) mass is 505 g/mol. The number of rotatable bonds is 10. The van der Waals surface area contributed by atoms with Crippen molar-refractivity contribution in [3.8, 4) is 0 Å². The van der Waals surface area contributed by atoms with Crippen molar-refractivity contribution in [2.75, 3.05) is 18.0 Å². The molecular formula is C29H32ClN3O3. The predicted octanol–water partition coefficient (Wildman–Crippen LogP) is 5.42. The Morgan fingerprint density at radius 2 is 1.69 bits per heavy atom. The number of hydrogen-bond acceptors (Lipinski definition) is 3. The van der Waals surface area contributed by atoms with Gasteiger partial charge in [-0.2, -0.15) is 0 Å². The van der Waals surface area contributed by atoms with Crippen LogP contribution in [-0.4, -0.2) is 41.8 Å². The van der Waals surface area contributed by atoms with Crippen molar-refractivity contribution in [2.24, 2.45) is 5.92 Å². The normalized spacial score (nSPS) is 13.4. The standard InChI is InChI=1S/C29H32ClN3O3/c1-19(2)17-31-28(35)20(3)33(18-21-12-14-23(30)15-13-21)26(34)11-6-16-32-25-10-5-8-22-7-4-9-24(27(22)25)29(32)36/h4-5,7-10,12-15,19-20H,6,11,16-18H2,1-3H3,(H,31,35)/t20-/m0/s1. The second-order valence-electron chi connectivity index (χ2n) is 9.70. The van der Waals surface area contributed by atoms with E-state index in [1.807, 2.05) is 62.4 Å². The third kappa shape index (κ3) is 5.54. The maximum Gasteiger partial charge on any atom is 0.258 e. The van der Waals surface area contributed by atoms with Gasteiger partial charge in [-0.05, 0) is 54.5 Å². The molecule has 7 heteroatoms. The van der Waals surface area contributed by atoms with Crippen LogP contribution in [0.25, 0.3) is 10.8 Å². The summed E-state index contributed by atoms with van der Waals surface area (Å²) in [5.74, 6) is -0.0239. The van der Waals surface area contributed by atoms with Gasteiger partial charge in [0.1, 0.15) is 6.04 Å². The molecule has 1 aliphatic rings. The van der Waals surface area contributed by atoms with Crippen molar-refractivity contribution in [3.05, 3.63) is 76.8 Å². The zero-order chi connectivity index (χ0) is 25.8. The van der Waals surface area contributed by atoms with E-state index < -0.39 is 6.04 Å². The van der Waals surface area contributed by atoms with Crippen LogP contribution in [0.15, 0.2) is 60.7 Å². The van der Waals surface area contributed by atoms with E-state index in [1.165, 1.54) is 0 Å². The third-order valence-electron chi connectivity index (χ3n) is 6.54. The average Bonchev–Trinajstić information content (AvgIpc) is 3.14. The first-order valence-electron chi connectivity index (χ1n) is 12.4. The molecule has 0 spiro atoms. The van der Waals surface area contributed by atoms with Gasteiger partial charge in [0.2, 0.25) is 11.8 Å². The molecule has 3 aromatic rings. The molecular weight excluding hydrogens is 474 g/mol. The van der Waals surface area contributed by atoms with Crippen LogP contribution in [0.1, 0.15) is 49.5 Å². The molecule has 0 saturated carbocycles. The predicted molar refractivity (Wildman–Crippen MR) is 144 cm³/mol. The maximum absolute atomic E-state index is 13.4. The highest BCUT2D eigenvalue weighted by atomic mass is 35.5. The Kier molecular flexibility index (Phi) is 7.94. The first-order valence-corrected chi connectivity index (χ1v) is 12.8. The van der Waals surface area contributed by atoms with Gasteiger partial charge in [0, 0.05) is 42.0 Å². The molecule has 0 aliphatic carbocycles. The number of nitrogens with zero attached hydrogens (tertiary/aromatic N) is 2. The summed E-state index contributed by atoms with van der Waals surface area (Å²) in [6, 6.07) is 18.3. The molecule has 0 fully saturated rings. The lowest BCUT2D eigenvalue weighted by molar-refractivity contribution is -0.140. The van der Waals surface area contributed by atoms with Gasteiger partial charge < -0.3 is 15.1 Å². The summed E-state index contributed by atoms with van der Waals surface area (Å²) in [7, 11) is 0. The van der Waals surface area contributed by atoms with E-state index in [2.05, 4.69) is 5.32 Å². The van der Waals surface area contributed by atoms with E-state index in [0.717, 1.165) is 22.0 Å². The van der Waals surface area contributed by atoms with Crippen LogP contribution >= 0.6 is 11.6 Å². The molecule has 0 bridgehead atoms. The summed E-state index contributed by atoms with van der Waals surface area (Å²) in [5.41, 5.74) is 2.49. The van der Waals surface area contributed by atoms with Gasteiger partial charge in [-0.1, -0.05) is 61.8 Å². The topological polar surface area (TPSA) is 69.7 Å². The molecule has 36 heavy (non-hydrogen) atoms. The smallest absolute Gasteiger partial charge is 0.258 e. The van der Waals surface area contributed by atoms with Crippen LogP contribution in [0.2, 0.25) is 5.02 Å². The molecule has 0 radical (unpaired) electrons. The number of halogens is 1. The second kappa shape index (κ2) is 11.1. The number of anilines is 1. The number of carbonyl (C=O) groups excluding carboxylic acids is 3. The highest BCUT2D eigenvalue weighted by Crippen LogP contribution is 2.37. The second-order valence-corrected chi connectivity index (χ2v) is 10.1. The van der Waals surface area contributed by atoms with Crippen molar-refractivity contribution in [1.29, 1.82) is 0 Å². The third-order valence-corrected chi connectivity index (χ3v) is 6.79. The SMILES string of the molecule is CC(C)CNC(=O)[C@H](C)N(Cc1ccc(Cl)cc1)C(=O)CCCN1C(=O)c2cccc3cccc1c23. The molecule has 1 N–H and O–H groups in total. The van der Waals surface area contributed by atoms with Gasteiger partial charge in [-0.25, -0.2) is 0 Å². The minimum absolute atomic E-state index is 0.0336. The fourth-order valence-electron chi connectivity index (χ4n) is 4.55. The van der Waals surface area contributed by atoms with Crippen LogP contribution in [-0.2, 0) is 16.1 Å². The molecule has 1 atom stereocenters. The molecule has 1 heterocycles. The lowest BCUT2D eigenvalue weighted by atomic mass is 10.1. The molecule has 188 valence electrons. The first kappa shape index (κ1) is 25.7. The zero-order valence-corrected chi connectivity index (χ0v) is 21.7. The molecule has 4 rings (SSSR count). The highest BCUT2D eigenvalue weighted by molar-refractivity contribution is 6.30. The number of carbonyl (C=O) groups is 3. The Labute approximate surface area is 217 Å². The summed E-state index contributed by atoms with van der Waals surface area (Å²) in [6.07, 6.45) is 0.720. The summed E-state index contributed by atoms with van der Waals surface area (Å²) in [4.78, 5) is 42.6. The molecule has 0 aromatic heterocycles. The number of nitrogens with one attached hydrogen (secondary N) is 1. The Hall–Kier alpha value is -3.38. The number of benzene rings is 3. The minimum Gasteiger partial charge on any atom is -0.354 e. The number of amides is 3. The van der Waals surface area contributed by atoms with Gasteiger partial charge in [0.05, 0.1) is 5.69 Å². The zero-order valence-electron chi connectivity index (χ0n) is 21.0. The largest absolute Gasteiger partial charge is 0.354 e. The highest BCUT2D eigenvalue weighted by Gasteiger charge is 2.30. The summed E-state index contributed by atoms with van der Waals surface area (Å²) >= 11 is 6.02. The molecule has 0 saturated heterocycles. The van der Waals surface area contributed by atoms with Crippen LogP contribution in [0.5, 0.6) is 0 Å². The number of hydrogen-bond donors (Lipinski definition) is 1. The minimum atomic E-state index is -0.627. The van der Waals surface area contributed by atoms with Gasteiger partial charge in [-0.3, -0.25) is 14.4 Å². The molecule has 3 aromatic carbocycles. The summed E-state index contributed by atoms with van der Waals surface area (Å²) in [5, 5.41) is 5.55. The van der Waals surface area contributed by atoms with Crippen molar-refractivity contribution >= 4 is 45.8 Å². The van der Waals surface area contributed by atoms with Gasteiger partial charge in [-0.15, -0.1) is 0 Å². The van der Waals surface area contributed by atoms with Crippen LogP contribution < -0.4 is 10.2 Å². The van der Waals surface area contributed by atoms with E-state index in [9.17, 15) is 14.4 Å². The average molecular weight is 506 g/mol. The Morgan fingerprint density at radius 3 is 2.39 bits per heavy atom. The van der Waals surface area contributed by atoms with Crippen LogP contribution in [0.4, 0.5) is 5.69 Å². The summed E-state index contributed by atoms with van der Waals surface area (Å²) < 4.78 is 0. The van der Waals surface area contributed by atoms with Crippen molar-refractivity contribution in [1.82, 2.24) is 10.2 Å². The molecule has 1 aliphatic heterocycles. The van der Waals surface area contributed by atoms with Gasteiger partial charge in [0.25, 0.3) is 5.91 Å². The molecule has 3 amide bonds. The van der Waals surface area contributed by atoms with Crippen LogP contribution in [0.3, 0.4) is 0 Å². The summed E-state index contributed by atoms with van der Waals surface area (Å²) in [6.45, 7) is 7.10. The Morgan fingerprint density at radius 1 is 1.00 bits per heavy atom. The van der Waals surface area contributed by atoms with Crippen molar-refractivity contribution < 1.29 is 14.4 Å². The Balaban J connectivity index is 1.45. The Bertz CT molecular complexity index is 1270. The van der Waals surface area contributed by atoms with E-state index in [4.69, 9.17) is 11.6 Å². The fraction of sp³-hybridized carbons (Fsp3) is 0.345. The molecule has 6 nitrogen and oxygen atoms in total. The van der Waals surface area contributed by atoms with Crippen molar-refractivity contribution in [2.45, 2.75) is 46.2 Å². The lowest BCUT2D eigenvalue weighted by Crippen LogP contribution is -2.48. The quantitative estimate of drug-likeness (QED) is 0.400. The van der Waals surface area contributed by atoms with E-state index in [1.54, 1.807) is 28.9 Å². The maximum atomic E-state index is 13.4. The lowest BCUT2D eigenvalue weighted by Gasteiger charge is -2.29. The van der Waals surface area contributed by atoms with E-state index in [0.29, 0.717) is 42.6 Å². The first-order chi connectivity index (χ1) is 17.3. The van der Waals surface area contributed by atoms with Gasteiger partial charge in [0.15, 0.2) is 0 Å².